The standard InChI is InChI=1S/C33H40N4O5/c1-22(34-33(41)42-21-29-27-12-6-4-10-25(27)26-11-5-7-13-28(26)29)31(39)36-30(14-8-9-19-37(2)3)32(40)35-24-17-15-23(20-38)16-18-24/h4-7,10-13,15-18,22,29-30,38H,8-9,14,19-21H2,1-3H3,(H,34,41)(H,35,40)(H,36,39)/t22-,30-/m0/s1. The van der Waals surface area contributed by atoms with Crippen LogP contribution < -0.4 is 16.0 Å². The Bertz CT molecular complexity index is 1330. The van der Waals surface area contributed by atoms with E-state index in [4.69, 9.17) is 4.74 Å². The van der Waals surface area contributed by atoms with Gasteiger partial charge in [0.15, 0.2) is 0 Å². The highest BCUT2D eigenvalue weighted by Gasteiger charge is 2.30. The lowest BCUT2D eigenvalue weighted by atomic mass is 9.98. The fourth-order valence-electron chi connectivity index (χ4n) is 5.15. The summed E-state index contributed by atoms with van der Waals surface area (Å²) >= 11 is 0. The van der Waals surface area contributed by atoms with E-state index in [0.717, 1.165) is 47.2 Å². The van der Waals surface area contributed by atoms with Gasteiger partial charge in [-0.15, -0.1) is 0 Å². The summed E-state index contributed by atoms with van der Waals surface area (Å²) in [5.41, 5.74) is 5.77. The Hall–Kier alpha value is -4.21. The minimum Gasteiger partial charge on any atom is -0.449 e. The number of nitrogens with zero attached hydrogens (tertiary/aromatic N) is 1. The van der Waals surface area contributed by atoms with E-state index in [1.54, 1.807) is 31.2 Å². The Morgan fingerprint density at radius 3 is 2.07 bits per heavy atom. The Labute approximate surface area is 247 Å². The Morgan fingerprint density at radius 2 is 1.48 bits per heavy atom. The predicted octanol–water partition coefficient (Wildman–Crippen LogP) is 4.26. The van der Waals surface area contributed by atoms with Crippen LogP contribution >= 0.6 is 0 Å². The van der Waals surface area contributed by atoms with Gasteiger partial charge in [-0.05, 0) is 86.8 Å². The monoisotopic (exact) mass is 572 g/mol. The van der Waals surface area contributed by atoms with Crippen LogP contribution in [0.4, 0.5) is 10.5 Å². The first-order valence-corrected chi connectivity index (χ1v) is 14.3. The molecular formula is C33H40N4O5. The highest BCUT2D eigenvalue weighted by Crippen LogP contribution is 2.44. The number of benzene rings is 3. The molecule has 2 atom stereocenters. The van der Waals surface area contributed by atoms with E-state index in [1.807, 2.05) is 50.5 Å². The number of fused-ring (bicyclic) bond motifs is 3. The van der Waals surface area contributed by atoms with Gasteiger partial charge in [-0.3, -0.25) is 9.59 Å². The fourth-order valence-corrected chi connectivity index (χ4v) is 5.15. The van der Waals surface area contributed by atoms with E-state index in [1.165, 1.54) is 0 Å². The number of aliphatic hydroxyl groups excluding tert-OH is 1. The summed E-state index contributed by atoms with van der Waals surface area (Å²) in [6, 6.07) is 21.3. The van der Waals surface area contributed by atoms with E-state index < -0.39 is 24.1 Å². The second-order valence-corrected chi connectivity index (χ2v) is 10.9. The third-order valence-corrected chi connectivity index (χ3v) is 7.46. The van der Waals surface area contributed by atoms with E-state index >= 15 is 0 Å². The zero-order chi connectivity index (χ0) is 30.1. The first-order chi connectivity index (χ1) is 20.3. The maximum absolute atomic E-state index is 13.1. The lowest BCUT2D eigenvalue weighted by Crippen LogP contribution is -2.51. The molecule has 222 valence electrons. The lowest BCUT2D eigenvalue weighted by Gasteiger charge is -2.22. The first kappa shape index (κ1) is 30.7. The highest BCUT2D eigenvalue weighted by molar-refractivity contribution is 5.98. The molecule has 1 aliphatic carbocycles. The second-order valence-electron chi connectivity index (χ2n) is 10.9. The van der Waals surface area contributed by atoms with Crippen LogP contribution in [0.1, 0.15) is 48.8 Å². The molecule has 0 unspecified atom stereocenters. The number of hydrogen-bond donors (Lipinski definition) is 4. The van der Waals surface area contributed by atoms with Crippen molar-refractivity contribution in [3.05, 3.63) is 89.5 Å². The number of carbonyl (C=O) groups excluding carboxylic acids is 3. The molecule has 1 aliphatic rings. The molecule has 0 radical (unpaired) electrons. The fraction of sp³-hybridized carbons (Fsp3) is 0.364. The number of hydrogen-bond acceptors (Lipinski definition) is 6. The number of nitrogens with one attached hydrogen (secondary N) is 3. The van der Waals surface area contributed by atoms with Crippen LogP contribution in [0.15, 0.2) is 72.8 Å². The molecule has 4 N–H and O–H groups in total. The SMILES string of the molecule is C[C@H](NC(=O)OCC1c2ccccc2-c2ccccc21)C(=O)N[C@@H](CCCCN(C)C)C(=O)Nc1ccc(CO)cc1. The maximum Gasteiger partial charge on any atom is 0.407 e. The minimum absolute atomic E-state index is 0.0889. The highest BCUT2D eigenvalue weighted by atomic mass is 16.5. The summed E-state index contributed by atoms with van der Waals surface area (Å²) in [6.07, 6.45) is 1.34. The third-order valence-electron chi connectivity index (χ3n) is 7.46. The molecule has 0 saturated heterocycles. The number of unbranched alkanes of at least 4 members (excludes halogenated alkanes) is 1. The van der Waals surface area contributed by atoms with Crippen LogP contribution in [0, 0.1) is 0 Å². The molecule has 9 heteroatoms. The zero-order valence-corrected chi connectivity index (χ0v) is 24.4. The number of amides is 3. The predicted molar refractivity (Wildman–Crippen MR) is 163 cm³/mol. The van der Waals surface area contributed by atoms with Gasteiger partial charge in [0.1, 0.15) is 18.7 Å². The molecule has 0 spiro atoms. The van der Waals surface area contributed by atoms with Crippen LogP contribution in [0.5, 0.6) is 0 Å². The van der Waals surface area contributed by atoms with Crippen molar-refractivity contribution in [1.29, 1.82) is 0 Å². The van der Waals surface area contributed by atoms with Crippen molar-refractivity contribution in [3.63, 3.8) is 0 Å². The van der Waals surface area contributed by atoms with Gasteiger partial charge in [0.2, 0.25) is 11.8 Å². The van der Waals surface area contributed by atoms with E-state index in [-0.39, 0.29) is 25.0 Å². The van der Waals surface area contributed by atoms with Gasteiger partial charge < -0.3 is 30.7 Å². The van der Waals surface area contributed by atoms with E-state index in [0.29, 0.717) is 12.1 Å². The molecule has 0 fully saturated rings. The number of carbonyl (C=O) groups is 3. The summed E-state index contributed by atoms with van der Waals surface area (Å²) in [6.45, 7) is 2.48. The van der Waals surface area contributed by atoms with Crippen molar-refractivity contribution < 1.29 is 24.2 Å². The Kier molecular flexibility index (Phi) is 10.7. The number of anilines is 1. The van der Waals surface area contributed by atoms with Gasteiger partial charge in [0, 0.05) is 11.6 Å². The molecule has 0 heterocycles. The van der Waals surface area contributed by atoms with Crippen molar-refractivity contribution in [2.45, 2.75) is 50.8 Å². The number of aliphatic hydroxyl groups is 1. The van der Waals surface area contributed by atoms with Crippen LogP contribution in [0.25, 0.3) is 11.1 Å². The molecule has 4 rings (SSSR count). The number of alkyl carbamates (subject to hydrolysis) is 1. The van der Waals surface area contributed by atoms with E-state index in [9.17, 15) is 19.5 Å². The summed E-state index contributed by atoms with van der Waals surface area (Å²) in [5, 5.41) is 17.5. The summed E-state index contributed by atoms with van der Waals surface area (Å²) < 4.78 is 5.58. The van der Waals surface area contributed by atoms with Crippen LogP contribution in [-0.4, -0.2) is 67.2 Å². The van der Waals surface area contributed by atoms with Gasteiger partial charge in [0.25, 0.3) is 0 Å². The quantitative estimate of drug-likeness (QED) is 0.227. The Balaban J connectivity index is 1.33. The van der Waals surface area contributed by atoms with Crippen molar-refractivity contribution in [2.24, 2.45) is 0 Å². The smallest absolute Gasteiger partial charge is 0.407 e. The van der Waals surface area contributed by atoms with Gasteiger partial charge in [-0.2, -0.15) is 0 Å². The van der Waals surface area contributed by atoms with Crippen molar-refractivity contribution in [1.82, 2.24) is 15.5 Å². The molecule has 0 aromatic heterocycles. The summed E-state index contributed by atoms with van der Waals surface area (Å²) in [4.78, 5) is 41.0. The Morgan fingerprint density at radius 1 is 0.857 bits per heavy atom. The average molecular weight is 573 g/mol. The lowest BCUT2D eigenvalue weighted by molar-refractivity contribution is -0.127. The van der Waals surface area contributed by atoms with Crippen LogP contribution in [-0.2, 0) is 20.9 Å². The van der Waals surface area contributed by atoms with Gasteiger partial charge in [-0.25, -0.2) is 4.79 Å². The molecule has 0 saturated carbocycles. The number of rotatable bonds is 13. The molecule has 3 amide bonds. The van der Waals surface area contributed by atoms with Crippen LogP contribution in [0.3, 0.4) is 0 Å². The molecule has 3 aromatic carbocycles. The summed E-state index contributed by atoms with van der Waals surface area (Å²) in [5.74, 6) is -0.917. The normalized spacial score (nSPS) is 13.5. The van der Waals surface area contributed by atoms with Gasteiger partial charge >= 0.3 is 6.09 Å². The maximum atomic E-state index is 13.1. The zero-order valence-electron chi connectivity index (χ0n) is 24.4. The average Bonchev–Trinajstić information content (AvgIpc) is 3.31. The first-order valence-electron chi connectivity index (χ1n) is 14.3. The van der Waals surface area contributed by atoms with Gasteiger partial charge in [-0.1, -0.05) is 60.7 Å². The molecular weight excluding hydrogens is 532 g/mol. The minimum atomic E-state index is -0.915. The van der Waals surface area contributed by atoms with Crippen molar-refractivity contribution >= 4 is 23.6 Å². The van der Waals surface area contributed by atoms with Crippen LogP contribution in [0.2, 0.25) is 0 Å². The molecule has 0 bridgehead atoms. The van der Waals surface area contributed by atoms with Crippen molar-refractivity contribution in [3.8, 4) is 11.1 Å². The van der Waals surface area contributed by atoms with E-state index in [2.05, 4.69) is 33.0 Å². The summed E-state index contributed by atoms with van der Waals surface area (Å²) in [7, 11) is 3.97. The second kappa shape index (κ2) is 14.6. The molecule has 42 heavy (non-hydrogen) atoms. The third kappa shape index (κ3) is 7.96. The van der Waals surface area contributed by atoms with Crippen molar-refractivity contribution in [2.75, 3.05) is 32.6 Å². The molecule has 9 nitrogen and oxygen atoms in total. The largest absolute Gasteiger partial charge is 0.449 e. The number of ether oxygens (including phenoxy) is 1. The topological polar surface area (TPSA) is 120 Å². The van der Waals surface area contributed by atoms with Gasteiger partial charge in [0.05, 0.1) is 6.61 Å². The molecule has 3 aromatic rings. The molecule has 0 aliphatic heterocycles.